The van der Waals surface area contributed by atoms with Crippen molar-refractivity contribution in [2.24, 2.45) is 0 Å². The van der Waals surface area contributed by atoms with Gasteiger partial charge in [0.2, 0.25) is 0 Å². The van der Waals surface area contributed by atoms with Gasteiger partial charge in [-0.2, -0.15) is 0 Å². The quantitative estimate of drug-likeness (QED) is 0.385. The summed E-state index contributed by atoms with van der Waals surface area (Å²) in [5.41, 5.74) is 0.176. The van der Waals surface area contributed by atoms with E-state index in [1.165, 1.54) is 14.0 Å². The average Bonchev–Trinajstić information content (AvgIpc) is 1.98. The standard InChI is InChI=1S/C8H10O4/c1-5(2)6(8(10)11)4-7(9)12-3/h4H,1H2,2-3H3,(H,10,11)/b6-4-. The summed E-state index contributed by atoms with van der Waals surface area (Å²) in [6.45, 7) is 4.91. The van der Waals surface area contributed by atoms with Gasteiger partial charge in [-0.25, -0.2) is 9.59 Å². The summed E-state index contributed by atoms with van der Waals surface area (Å²) in [6.07, 6.45) is 0.894. The zero-order valence-corrected chi connectivity index (χ0v) is 6.96. The molecule has 0 aromatic carbocycles. The summed E-state index contributed by atoms with van der Waals surface area (Å²) < 4.78 is 4.26. The highest BCUT2D eigenvalue weighted by atomic mass is 16.5. The van der Waals surface area contributed by atoms with Gasteiger partial charge in [-0.1, -0.05) is 6.58 Å². The SMILES string of the molecule is C=C(C)/C(=C/C(=O)OC)C(=O)O. The Kier molecular flexibility index (Phi) is 3.76. The Labute approximate surface area is 70.1 Å². The van der Waals surface area contributed by atoms with Gasteiger partial charge in [0.05, 0.1) is 12.7 Å². The smallest absolute Gasteiger partial charge is 0.336 e. The first-order chi connectivity index (χ1) is 5.49. The lowest BCUT2D eigenvalue weighted by molar-refractivity contribution is -0.136. The van der Waals surface area contributed by atoms with Crippen molar-refractivity contribution in [3.8, 4) is 0 Å². The Hall–Kier alpha value is -1.58. The first kappa shape index (κ1) is 10.4. The Morgan fingerprint density at radius 1 is 1.50 bits per heavy atom. The predicted molar refractivity (Wildman–Crippen MR) is 42.5 cm³/mol. The summed E-state index contributed by atoms with van der Waals surface area (Å²) in [4.78, 5) is 21.1. The molecule has 0 aromatic rings. The van der Waals surface area contributed by atoms with Crippen LogP contribution in [0.4, 0.5) is 0 Å². The zero-order valence-electron chi connectivity index (χ0n) is 6.96. The number of carboxylic acids is 1. The predicted octanol–water partition coefficient (Wildman–Crippen LogP) is 0.746. The molecule has 0 radical (unpaired) electrons. The number of rotatable bonds is 3. The third kappa shape index (κ3) is 3.01. The van der Waals surface area contributed by atoms with Crippen molar-refractivity contribution in [3.63, 3.8) is 0 Å². The molecule has 0 aromatic heterocycles. The van der Waals surface area contributed by atoms with Crippen molar-refractivity contribution in [3.05, 3.63) is 23.8 Å². The first-order valence-corrected chi connectivity index (χ1v) is 3.18. The summed E-state index contributed by atoms with van der Waals surface area (Å²) >= 11 is 0. The van der Waals surface area contributed by atoms with Crippen LogP contribution in [0.15, 0.2) is 23.8 Å². The molecule has 0 aliphatic carbocycles. The number of hydrogen-bond donors (Lipinski definition) is 1. The lowest BCUT2D eigenvalue weighted by Crippen LogP contribution is -2.05. The van der Waals surface area contributed by atoms with Crippen molar-refractivity contribution < 1.29 is 19.4 Å². The molecule has 66 valence electrons. The first-order valence-electron chi connectivity index (χ1n) is 3.18. The maximum Gasteiger partial charge on any atom is 0.336 e. The molecule has 0 aliphatic rings. The van der Waals surface area contributed by atoms with Crippen LogP contribution >= 0.6 is 0 Å². The number of ether oxygens (including phenoxy) is 1. The molecule has 0 saturated heterocycles. The highest BCUT2D eigenvalue weighted by Gasteiger charge is 2.09. The van der Waals surface area contributed by atoms with Gasteiger partial charge in [-0.15, -0.1) is 0 Å². The van der Waals surface area contributed by atoms with Crippen LogP contribution in [-0.4, -0.2) is 24.2 Å². The summed E-state index contributed by atoms with van der Waals surface area (Å²) in [5, 5.41) is 8.55. The van der Waals surface area contributed by atoms with E-state index in [9.17, 15) is 9.59 Å². The molecule has 0 unspecified atom stereocenters. The topological polar surface area (TPSA) is 63.6 Å². The number of hydrogen-bond acceptors (Lipinski definition) is 3. The van der Waals surface area contributed by atoms with E-state index in [1.807, 2.05) is 0 Å². The van der Waals surface area contributed by atoms with Gasteiger partial charge in [0.15, 0.2) is 0 Å². The molecule has 0 aliphatic heterocycles. The van der Waals surface area contributed by atoms with Crippen LogP contribution in [0.5, 0.6) is 0 Å². The number of esters is 1. The Balaban J connectivity index is 4.74. The molecular weight excluding hydrogens is 160 g/mol. The van der Waals surface area contributed by atoms with Gasteiger partial charge < -0.3 is 9.84 Å². The largest absolute Gasteiger partial charge is 0.478 e. The fourth-order valence-electron chi connectivity index (χ4n) is 0.544. The van der Waals surface area contributed by atoms with Crippen LogP contribution in [0.1, 0.15) is 6.92 Å². The lowest BCUT2D eigenvalue weighted by Gasteiger charge is -1.98. The zero-order chi connectivity index (χ0) is 9.72. The fourth-order valence-corrected chi connectivity index (χ4v) is 0.544. The minimum atomic E-state index is -1.19. The Bertz CT molecular complexity index is 234. The van der Waals surface area contributed by atoms with E-state index in [2.05, 4.69) is 11.3 Å². The number of carbonyl (C=O) groups excluding carboxylic acids is 1. The van der Waals surface area contributed by atoms with Gasteiger partial charge in [-0.05, 0) is 12.5 Å². The molecule has 0 amide bonds. The van der Waals surface area contributed by atoms with Gasteiger partial charge in [0.25, 0.3) is 0 Å². The summed E-state index contributed by atoms with van der Waals surface area (Å²) in [5.74, 6) is -1.89. The van der Waals surface area contributed by atoms with Crippen molar-refractivity contribution in [1.29, 1.82) is 0 Å². The third-order valence-corrected chi connectivity index (χ3v) is 1.15. The second-order valence-electron chi connectivity index (χ2n) is 2.17. The van der Waals surface area contributed by atoms with Crippen molar-refractivity contribution >= 4 is 11.9 Å². The van der Waals surface area contributed by atoms with Gasteiger partial charge in [0.1, 0.15) is 0 Å². The maximum absolute atomic E-state index is 10.6. The van der Waals surface area contributed by atoms with Crippen LogP contribution in [0.3, 0.4) is 0 Å². The summed E-state index contributed by atoms with van der Waals surface area (Å²) in [6, 6.07) is 0. The van der Waals surface area contributed by atoms with Crippen molar-refractivity contribution in [1.82, 2.24) is 0 Å². The second-order valence-corrected chi connectivity index (χ2v) is 2.17. The lowest BCUT2D eigenvalue weighted by atomic mass is 10.1. The Morgan fingerprint density at radius 2 is 2.00 bits per heavy atom. The van der Waals surface area contributed by atoms with Crippen LogP contribution in [0, 0.1) is 0 Å². The molecule has 0 heterocycles. The van der Waals surface area contributed by atoms with Gasteiger partial charge >= 0.3 is 11.9 Å². The summed E-state index contributed by atoms with van der Waals surface area (Å²) in [7, 11) is 1.18. The van der Waals surface area contributed by atoms with Gasteiger partial charge in [0, 0.05) is 6.08 Å². The molecule has 4 heteroatoms. The van der Waals surface area contributed by atoms with E-state index in [0.717, 1.165) is 6.08 Å². The highest BCUT2D eigenvalue weighted by Crippen LogP contribution is 2.06. The van der Waals surface area contributed by atoms with E-state index < -0.39 is 11.9 Å². The van der Waals surface area contributed by atoms with Crippen LogP contribution < -0.4 is 0 Å². The van der Waals surface area contributed by atoms with Crippen molar-refractivity contribution in [2.45, 2.75) is 6.92 Å². The molecule has 0 saturated carbocycles. The number of carbonyl (C=O) groups is 2. The molecule has 0 rings (SSSR count). The van der Waals surface area contributed by atoms with Crippen molar-refractivity contribution in [2.75, 3.05) is 7.11 Å². The third-order valence-electron chi connectivity index (χ3n) is 1.15. The normalized spacial score (nSPS) is 10.7. The van der Waals surface area contributed by atoms with E-state index in [-0.39, 0.29) is 5.57 Å². The molecule has 1 N–H and O–H groups in total. The second kappa shape index (κ2) is 4.33. The van der Waals surface area contributed by atoms with Crippen LogP contribution in [-0.2, 0) is 14.3 Å². The van der Waals surface area contributed by atoms with E-state index >= 15 is 0 Å². The minimum absolute atomic E-state index is 0.137. The molecule has 0 spiro atoms. The molecule has 4 nitrogen and oxygen atoms in total. The Morgan fingerprint density at radius 3 is 2.25 bits per heavy atom. The minimum Gasteiger partial charge on any atom is -0.478 e. The molecule has 0 fully saturated rings. The molecule has 0 bridgehead atoms. The van der Waals surface area contributed by atoms with Crippen LogP contribution in [0.25, 0.3) is 0 Å². The van der Waals surface area contributed by atoms with Crippen LogP contribution in [0.2, 0.25) is 0 Å². The van der Waals surface area contributed by atoms with E-state index in [0.29, 0.717) is 5.57 Å². The number of carboxylic acid groups (broad SMARTS) is 1. The fraction of sp³-hybridized carbons (Fsp3) is 0.250. The molecule has 12 heavy (non-hydrogen) atoms. The molecular formula is C8H10O4. The molecule has 0 atom stereocenters. The maximum atomic E-state index is 10.6. The van der Waals surface area contributed by atoms with E-state index in [4.69, 9.17) is 5.11 Å². The highest BCUT2D eigenvalue weighted by molar-refractivity contribution is 5.98. The average molecular weight is 170 g/mol. The monoisotopic (exact) mass is 170 g/mol. The number of aliphatic carboxylic acids is 1. The number of methoxy groups -OCH3 is 1. The van der Waals surface area contributed by atoms with Gasteiger partial charge in [-0.3, -0.25) is 0 Å². The van der Waals surface area contributed by atoms with E-state index in [1.54, 1.807) is 0 Å².